The average molecular weight is 319 g/mol. The van der Waals surface area contributed by atoms with Gasteiger partial charge in [-0.05, 0) is 40.8 Å². The molecule has 0 spiro atoms. The van der Waals surface area contributed by atoms with Gasteiger partial charge in [-0.1, -0.05) is 54.6 Å². The number of halogens is 1. The van der Waals surface area contributed by atoms with Crippen molar-refractivity contribution in [3.05, 3.63) is 77.6 Å². The van der Waals surface area contributed by atoms with Crippen LogP contribution in [0.4, 0.5) is 10.1 Å². The first-order chi connectivity index (χ1) is 11.7. The fourth-order valence-corrected chi connectivity index (χ4v) is 3.56. The molecule has 0 unspecified atom stereocenters. The monoisotopic (exact) mass is 319 g/mol. The van der Waals surface area contributed by atoms with E-state index in [2.05, 4.69) is 0 Å². The number of para-hydroxylation sites is 1. The lowest BCUT2D eigenvalue weighted by atomic mass is 9.98. The van der Waals surface area contributed by atoms with Gasteiger partial charge < -0.3 is 4.90 Å². The molecule has 0 saturated heterocycles. The van der Waals surface area contributed by atoms with Crippen LogP contribution in [-0.4, -0.2) is 12.5 Å². The number of fused-ring (bicyclic) bond motifs is 2. The Balaban J connectivity index is 1.68. The van der Waals surface area contributed by atoms with E-state index in [0.29, 0.717) is 12.2 Å². The fourth-order valence-electron chi connectivity index (χ4n) is 3.56. The minimum atomic E-state index is -0.307. The van der Waals surface area contributed by atoms with Crippen LogP contribution in [0.3, 0.4) is 0 Å². The Morgan fingerprint density at radius 1 is 1.00 bits per heavy atom. The predicted octanol–water partition coefficient (Wildman–Crippen LogP) is 4.50. The topological polar surface area (TPSA) is 20.3 Å². The normalized spacial score (nSPS) is 13.8. The minimum Gasteiger partial charge on any atom is -0.309 e. The zero-order chi connectivity index (χ0) is 16.5. The lowest BCUT2D eigenvalue weighted by Crippen LogP contribution is -2.37. The number of aryl methyl sites for hydroxylation is 1. The van der Waals surface area contributed by atoms with Crippen molar-refractivity contribution in [1.29, 1.82) is 0 Å². The van der Waals surface area contributed by atoms with E-state index in [-0.39, 0.29) is 18.1 Å². The molecule has 3 aromatic rings. The largest absolute Gasteiger partial charge is 0.309 e. The quantitative estimate of drug-likeness (QED) is 0.681. The SMILES string of the molecule is O=C(Cc1cccc2ccccc12)N1CCCc2cccc(F)c21. The third-order valence-corrected chi connectivity index (χ3v) is 4.69. The minimum absolute atomic E-state index is 0.0441. The predicted molar refractivity (Wildman–Crippen MR) is 94.7 cm³/mol. The van der Waals surface area contributed by atoms with E-state index in [9.17, 15) is 9.18 Å². The van der Waals surface area contributed by atoms with E-state index in [1.807, 2.05) is 48.5 Å². The van der Waals surface area contributed by atoms with E-state index >= 15 is 0 Å². The summed E-state index contributed by atoms with van der Waals surface area (Å²) in [6.07, 6.45) is 1.98. The molecule has 3 heteroatoms. The summed E-state index contributed by atoms with van der Waals surface area (Å²) < 4.78 is 14.3. The van der Waals surface area contributed by atoms with Crippen molar-refractivity contribution in [3.63, 3.8) is 0 Å². The summed E-state index contributed by atoms with van der Waals surface area (Å²) in [5.41, 5.74) is 2.38. The Morgan fingerprint density at radius 3 is 2.71 bits per heavy atom. The lowest BCUT2D eigenvalue weighted by Gasteiger charge is -2.30. The van der Waals surface area contributed by atoms with Gasteiger partial charge in [-0.2, -0.15) is 0 Å². The molecule has 1 heterocycles. The molecule has 0 fully saturated rings. The van der Waals surface area contributed by atoms with Crippen LogP contribution in [-0.2, 0) is 17.6 Å². The molecular formula is C21H18FNO. The zero-order valence-electron chi connectivity index (χ0n) is 13.3. The molecular weight excluding hydrogens is 301 g/mol. The Labute approximate surface area is 140 Å². The summed E-state index contributed by atoms with van der Waals surface area (Å²) in [4.78, 5) is 14.5. The molecule has 0 radical (unpaired) electrons. The van der Waals surface area contributed by atoms with Crippen molar-refractivity contribution in [1.82, 2.24) is 0 Å². The molecule has 24 heavy (non-hydrogen) atoms. The molecule has 0 aliphatic carbocycles. The highest BCUT2D eigenvalue weighted by atomic mass is 19.1. The zero-order valence-corrected chi connectivity index (χ0v) is 13.3. The summed E-state index contributed by atoms with van der Waals surface area (Å²) in [6, 6.07) is 19.1. The summed E-state index contributed by atoms with van der Waals surface area (Å²) in [7, 11) is 0. The highest BCUT2D eigenvalue weighted by molar-refractivity contribution is 5.98. The van der Waals surface area contributed by atoms with Crippen molar-refractivity contribution in [2.24, 2.45) is 0 Å². The molecule has 0 atom stereocenters. The second-order valence-electron chi connectivity index (χ2n) is 6.21. The molecule has 4 rings (SSSR count). The first kappa shape index (κ1) is 14.9. The van der Waals surface area contributed by atoms with Crippen molar-refractivity contribution in [2.75, 3.05) is 11.4 Å². The Bertz CT molecular complexity index is 913. The van der Waals surface area contributed by atoms with Gasteiger partial charge in [0.25, 0.3) is 0 Å². The molecule has 0 saturated carbocycles. The number of nitrogens with zero attached hydrogens (tertiary/aromatic N) is 1. The van der Waals surface area contributed by atoms with Gasteiger partial charge in [0.05, 0.1) is 12.1 Å². The number of amides is 1. The van der Waals surface area contributed by atoms with Crippen LogP contribution in [0.15, 0.2) is 60.7 Å². The molecule has 3 aromatic carbocycles. The number of benzene rings is 3. The summed E-state index contributed by atoms with van der Waals surface area (Å²) in [6.45, 7) is 0.581. The van der Waals surface area contributed by atoms with Gasteiger partial charge in [0, 0.05) is 6.54 Å². The van der Waals surface area contributed by atoms with Crippen molar-refractivity contribution in [2.45, 2.75) is 19.3 Å². The Kier molecular flexibility index (Phi) is 3.77. The maximum absolute atomic E-state index is 14.3. The van der Waals surface area contributed by atoms with Gasteiger partial charge in [-0.25, -0.2) is 4.39 Å². The van der Waals surface area contributed by atoms with E-state index < -0.39 is 0 Å². The van der Waals surface area contributed by atoms with Gasteiger partial charge in [0.15, 0.2) is 0 Å². The first-order valence-corrected chi connectivity index (χ1v) is 8.28. The molecule has 0 N–H and O–H groups in total. The van der Waals surface area contributed by atoms with Crippen LogP contribution < -0.4 is 4.90 Å². The van der Waals surface area contributed by atoms with E-state index in [1.165, 1.54) is 6.07 Å². The third-order valence-electron chi connectivity index (χ3n) is 4.69. The third kappa shape index (κ3) is 2.56. The second-order valence-corrected chi connectivity index (χ2v) is 6.21. The van der Waals surface area contributed by atoms with Crippen LogP contribution in [0.25, 0.3) is 10.8 Å². The van der Waals surface area contributed by atoms with E-state index in [1.54, 1.807) is 11.0 Å². The summed E-state index contributed by atoms with van der Waals surface area (Å²) in [5, 5.41) is 2.20. The molecule has 2 nitrogen and oxygen atoms in total. The maximum Gasteiger partial charge on any atom is 0.231 e. The molecule has 1 amide bonds. The highest BCUT2D eigenvalue weighted by Gasteiger charge is 2.25. The van der Waals surface area contributed by atoms with Gasteiger partial charge >= 0.3 is 0 Å². The Hall–Kier alpha value is -2.68. The molecule has 1 aliphatic heterocycles. The number of rotatable bonds is 2. The van der Waals surface area contributed by atoms with Crippen LogP contribution in [0, 0.1) is 5.82 Å². The fraction of sp³-hybridized carbons (Fsp3) is 0.190. The average Bonchev–Trinajstić information content (AvgIpc) is 2.62. The van der Waals surface area contributed by atoms with Crippen molar-refractivity contribution >= 4 is 22.4 Å². The standard InChI is InChI=1S/C21H18FNO/c22-19-12-4-8-16-10-5-13-23(21(16)19)20(24)14-17-9-3-7-15-6-1-2-11-18(15)17/h1-4,6-9,11-12H,5,10,13-14H2. The lowest BCUT2D eigenvalue weighted by molar-refractivity contribution is -0.118. The van der Waals surface area contributed by atoms with Crippen LogP contribution in [0.1, 0.15) is 17.5 Å². The highest BCUT2D eigenvalue weighted by Crippen LogP contribution is 2.31. The van der Waals surface area contributed by atoms with E-state index in [4.69, 9.17) is 0 Å². The smallest absolute Gasteiger partial charge is 0.231 e. The van der Waals surface area contributed by atoms with Crippen LogP contribution in [0.5, 0.6) is 0 Å². The van der Waals surface area contributed by atoms with Crippen molar-refractivity contribution in [3.8, 4) is 0 Å². The van der Waals surface area contributed by atoms with Gasteiger partial charge in [-0.3, -0.25) is 4.79 Å². The number of carbonyl (C=O) groups excluding carboxylic acids is 1. The van der Waals surface area contributed by atoms with Gasteiger partial charge in [0.1, 0.15) is 5.82 Å². The van der Waals surface area contributed by atoms with Crippen molar-refractivity contribution < 1.29 is 9.18 Å². The summed E-state index contributed by atoms with van der Waals surface area (Å²) >= 11 is 0. The van der Waals surface area contributed by atoms with Crippen LogP contribution in [0.2, 0.25) is 0 Å². The second kappa shape index (κ2) is 6.08. The van der Waals surface area contributed by atoms with Gasteiger partial charge in [-0.15, -0.1) is 0 Å². The summed E-state index contributed by atoms with van der Waals surface area (Å²) in [5.74, 6) is -0.351. The number of anilines is 1. The number of hydrogen-bond acceptors (Lipinski definition) is 1. The number of carbonyl (C=O) groups is 1. The molecule has 1 aliphatic rings. The molecule has 120 valence electrons. The van der Waals surface area contributed by atoms with E-state index in [0.717, 1.165) is 34.7 Å². The van der Waals surface area contributed by atoms with Gasteiger partial charge in [0.2, 0.25) is 5.91 Å². The maximum atomic E-state index is 14.3. The molecule has 0 bridgehead atoms. The first-order valence-electron chi connectivity index (χ1n) is 8.28. The Morgan fingerprint density at radius 2 is 1.79 bits per heavy atom. The molecule has 0 aromatic heterocycles. The van der Waals surface area contributed by atoms with Crippen LogP contribution >= 0.6 is 0 Å². The number of hydrogen-bond donors (Lipinski definition) is 0.